The zero-order valence-electron chi connectivity index (χ0n) is 22.9. The average molecular weight is 481 g/mol. The summed E-state index contributed by atoms with van der Waals surface area (Å²) < 4.78 is 0. The fourth-order valence-electron chi connectivity index (χ4n) is 5.46. The molecule has 6 nitrogen and oxygen atoms in total. The standard InChI is InChI=1S/C29H44N4O2/c1-9-33(24-12-10-23(11-13-24)32(7)8)27-16-22(18(2)3)15-25(21(27)6)28(34)30-17-26-19(4)14-20(5)31-29(26)35/h14-16,18,23-24H,9-13,17H2,1-8H3,(H,30,34)(H,31,35). The number of hydrogen-bond donors (Lipinski definition) is 2. The van der Waals surface area contributed by atoms with Crippen molar-refractivity contribution in [1.29, 1.82) is 0 Å². The highest BCUT2D eigenvalue weighted by Gasteiger charge is 2.28. The van der Waals surface area contributed by atoms with E-state index in [9.17, 15) is 9.59 Å². The molecule has 0 radical (unpaired) electrons. The quantitative estimate of drug-likeness (QED) is 0.555. The van der Waals surface area contributed by atoms with Crippen molar-refractivity contribution in [1.82, 2.24) is 15.2 Å². The van der Waals surface area contributed by atoms with Crippen molar-refractivity contribution in [2.24, 2.45) is 0 Å². The number of carbonyl (C=O) groups is 1. The highest BCUT2D eigenvalue weighted by atomic mass is 16.1. The largest absolute Gasteiger partial charge is 0.369 e. The molecule has 0 saturated heterocycles. The van der Waals surface area contributed by atoms with Gasteiger partial charge in [-0.3, -0.25) is 9.59 Å². The predicted octanol–water partition coefficient (Wildman–Crippen LogP) is 5.05. The Kier molecular flexibility index (Phi) is 8.81. The Morgan fingerprint density at radius 1 is 1.06 bits per heavy atom. The molecule has 0 spiro atoms. The SMILES string of the molecule is CCN(c1cc(C(C)C)cc(C(=O)NCc2c(C)cc(C)[nH]c2=O)c1C)C1CCC(N(C)C)CC1. The molecule has 1 aliphatic carbocycles. The molecule has 3 rings (SSSR count). The van der Waals surface area contributed by atoms with Gasteiger partial charge in [-0.1, -0.05) is 13.8 Å². The van der Waals surface area contributed by atoms with Gasteiger partial charge in [0.2, 0.25) is 0 Å². The third-order valence-electron chi connectivity index (χ3n) is 7.72. The molecule has 0 unspecified atom stereocenters. The fourth-order valence-corrected chi connectivity index (χ4v) is 5.46. The van der Waals surface area contributed by atoms with E-state index in [1.807, 2.05) is 26.0 Å². The summed E-state index contributed by atoms with van der Waals surface area (Å²) in [4.78, 5) is 33.5. The number of nitrogens with zero attached hydrogens (tertiary/aromatic N) is 2. The Labute approximate surface area is 211 Å². The zero-order valence-corrected chi connectivity index (χ0v) is 22.9. The number of benzene rings is 1. The number of hydrogen-bond acceptors (Lipinski definition) is 4. The first-order valence-electron chi connectivity index (χ1n) is 13.1. The minimum Gasteiger partial charge on any atom is -0.369 e. The number of rotatable bonds is 8. The number of aromatic amines is 1. The van der Waals surface area contributed by atoms with E-state index in [-0.39, 0.29) is 18.0 Å². The lowest BCUT2D eigenvalue weighted by Gasteiger charge is -2.40. The summed E-state index contributed by atoms with van der Waals surface area (Å²) in [6.45, 7) is 13.5. The lowest BCUT2D eigenvalue weighted by Crippen LogP contribution is -2.42. The van der Waals surface area contributed by atoms with E-state index in [0.29, 0.717) is 29.1 Å². The van der Waals surface area contributed by atoms with Crippen molar-refractivity contribution < 1.29 is 4.79 Å². The summed E-state index contributed by atoms with van der Waals surface area (Å²) >= 11 is 0. The smallest absolute Gasteiger partial charge is 0.253 e. The number of carbonyl (C=O) groups excluding carboxylic acids is 1. The van der Waals surface area contributed by atoms with Crippen LogP contribution in [-0.2, 0) is 6.54 Å². The first kappa shape index (κ1) is 27.0. The monoisotopic (exact) mass is 480 g/mol. The van der Waals surface area contributed by atoms with E-state index < -0.39 is 0 Å². The summed E-state index contributed by atoms with van der Waals surface area (Å²) in [5.41, 5.74) is 6.24. The average Bonchev–Trinajstić information content (AvgIpc) is 2.79. The second-order valence-corrected chi connectivity index (χ2v) is 10.7. The number of anilines is 1. The van der Waals surface area contributed by atoms with Gasteiger partial charge in [-0.15, -0.1) is 0 Å². The molecular formula is C29H44N4O2. The highest BCUT2D eigenvalue weighted by molar-refractivity contribution is 5.97. The van der Waals surface area contributed by atoms with Gasteiger partial charge in [0, 0.05) is 47.7 Å². The van der Waals surface area contributed by atoms with Crippen LogP contribution in [-0.4, -0.2) is 48.5 Å². The lowest BCUT2D eigenvalue weighted by atomic mass is 9.88. The van der Waals surface area contributed by atoms with Crippen LogP contribution in [0, 0.1) is 20.8 Å². The molecule has 192 valence electrons. The van der Waals surface area contributed by atoms with Crippen molar-refractivity contribution in [3.05, 3.63) is 62.1 Å². The number of pyridine rings is 1. The Balaban J connectivity index is 1.89. The van der Waals surface area contributed by atoms with Crippen molar-refractivity contribution >= 4 is 11.6 Å². The second kappa shape index (κ2) is 11.4. The Bertz CT molecular complexity index is 1090. The number of nitrogens with one attached hydrogen (secondary N) is 2. The van der Waals surface area contributed by atoms with E-state index in [4.69, 9.17) is 0 Å². The molecule has 0 atom stereocenters. The second-order valence-electron chi connectivity index (χ2n) is 10.7. The number of aryl methyl sites for hydroxylation is 2. The van der Waals surface area contributed by atoms with Crippen LogP contribution in [0.1, 0.15) is 90.7 Å². The van der Waals surface area contributed by atoms with Gasteiger partial charge in [-0.25, -0.2) is 0 Å². The van der Waals surface area contributed by atoms with Gasteiger partial charge in [-0.05, 0) is 108 Å². The fraction of sp³-hybridized carbons (Fsp3) is 0.586. The molecule has 1 saturated carbocycles. The van der Waals surface area contributed by atoms with E-state index >= 15 is 0 Å². The van der Waals surface area contributed by atoms with Gasteiger partial charge < -0.3 is 20.1 Å². The van der Waals surface area contributed by atoms with Crippen molar-refractivity contribution in [3.63, 3.8) is 0 Å². The number of aromatic nitrogens is 1. The van der Waals surface area contributed by atoms with Crippen molar-refractivity contribution in [3.8, 4) is 0 Å². The van der Waals surface area contributed by atoms with Gasteiger partial charge in [0.05, 0.1) is 0 Å². The molecule has 2 aromatic rings. The van der Waals surface area contributed by atoms with E-state index in [1.54, 1.807) is 0 Å². The normalized spacial score (nSPS) is 18.2. The van der Waals surface area contributed by atoms with Crippen LogP contribution in [0.4, 0.5) is 5.69 Å². The Morgan fingerprint density at radius 2 is 1.69 bits per heavy atom. The maximum atomic E-state index is 13.4. The summed E-state index contributed by atoms with van der Waals surface area (Å²) in [5.74, 6) is 0.185. The topological polar surface area (TPSA) is 68.4 Å². The van der Waals surface area contributed by atoms with Crippen LogP contribution >= 0.6 is 0 Å². The van der Waals surface area contributed by atoms with Crippen molar-refractivity contribution in [2.75, 3.05) is 25.5 Å². The third kappa shape index (κ3) is 6.16. The van der Waals surface area contributed by atoms with Gasteiger partial charge >= 0.3 is 0 Å². The van der Waals surface area contributed by atoms with Gasteiger partial charge in [0.25, 0.3) is 11.5 Å². The van der Waals surface area contributed by atoms with Gasteiger partial charge in [-0.2, -0.15) is 0 Å². The molecule has 1 heterocycles. The molecule has 0 aliphatic heterocycles. The van der Waals surface area contributed by atoms with Gasteiger partial charge in [0.15, 0.2) is 0 Å². The maximum absolute atomic E-state index is 13.4. The summed E-state index contributed by atoms with van der Waals surface area (Å²) in [6.07, 6.45) is 4.74. The van der Waals surface area contributed by atoms with E-state index in [2.05, 4.69) is 68.0 Å². The van der Waals surface area contributed by atoms with Crippen LogP contribution in [0.15, 0.2) is 23.0 Å². The van der Waals surface area contributed by atoms with Crippen LogP contribution in [0.5, 0.6) is 0 Å². The Morgan fingerprint density at radius 3 is 2.23 bits per heavy atom. The first-order valence-corrected chi connectivity index (χ1v) is 13.1. The van der Waals surface area contributed by atoms with Crippen LogP contribution < -0.4 is 15.8 Å². The minimum atomic E-state index is -0.137. The molecule has 0 bridgehead atoms. The number of H-pyrrole nitrogens is 1. The molecule has 1 aliphatic rings. The highest BCUT2D eigenvalue weighted by Crippen LogP contribution is 2.34. The van der Waals surface area contributed by atoms with Crippen LogP contribution in [0.3, 0.4) is 0 Å². The summed E-state index contributed by atoms with van der Waals surface area (Å²) in [7, 11) is 4.35. The lowest BCUT2D eigenvalue weighted by molar-refractivity contribution is 0.0950. The molecule has 1 aromatic carbocycles. The maximum Gasteiger partial charge on any atom is 0.253 e. The molecular weight excluding hydrogens is 436 g/mol. The molecule has 1 amide bonds. The summed E-state index contributed by atoms with van der Waals surface area (Å²) in [6, 6.07) is 7.40. The van der Waals surface area contributed by atoms with Crippen LogP contribution in [0.2, 0.25) is 0 Å². The molecule has 2 N–H and O–H groups in total. The molecule has 1 fully saturated rings. The number of amides is 1. The van der Waals surface area contributed by atoms with E-state index in [0.717, 1.165) is 23.4 Å². The van der Waals surface area contributed by atoms with Crippen molar-refractivity contribution in [2.45, 2.75) is 91.8 Å². The van der Waals surface area contributed by atoms with Gasteiger partial charge in [0.1, 0.15) is 0 Å². The molecule has 1 aromatic heterocycles. The third-order valence-corrected chi connectivity index (χ3v) is 7.72. The van der Waals surface area contributed by atoms with Crippen LogP contribution in [0.25, 0.3) is 0 Å². The first-order chi connectivity index (χ1) is 16.5. The molecule has 6 heteroatoms. The summed E-state index contributed by atoms with van der Waals surface area (Å²) in [5, 5.41) is 3.02. The zero-order chi connectivity index (χ0) is 25.9. The molecule has 35 heavy (non-hydrogen) atoms. The minimum absolute atomic E-state index is 0.127. The Hall–Kier alpha value is -2.60. The predicted molar refractivity (Wildman–Crippen MR) is 146 cm³/mol. The van der Waals surface area contributed by atoms with E-state index in [1.165, 1.54) is 36.9 Å².